The van der Waals surface area contributed by atoms with Gasteiger partial charge in [-0.05, 0) is 19.9 Å². The Balaban J connectivity index is 2.71. The second kappa shape index (κ2) is 5.40. The molecule has 0 aliphatic rings. The Morgan fingerprint density at radius 3 is 2.79 bits per heavy atom. The Morgan fingerprint density at radius 2 is 2.16 bits per heavy atom. The molecule has 0 radical (unpaired) electrons. The molecule has 4 nitrogen and oxygen atoms in total. The van der Waals surface area contributed by atoms with E-state index >= 15 is 0 Å². The number of ether oxygens (including phenoxy) is 1. The Morgan fingerprint density at radius 1 is 1.42 bits per heavy atom. The zero-order chi connectivity index (χ0) is 13.8. The van der Waals surface area contributed by atoms with Crippen molar-refractivity contribution in [1.29, 1.82) is 5.26 Å². The quantitative estimate of drug-likeness (QED) is 0.786. The van der Waals surface area contributed by atoms with Crippen molar-refractivity contribution in [3.8, 4) is 22.9 Å². The second-order valence-corrected chi connectivity index (χ2v) is 3.93. The van der Waals surface area contributed by atoms with Gasteiger partial charge in [-0.25, -0.2) is 0 Å². The molecule has 0 bridgehead atoms. The van der Waals surface area contributed by atoms with E-state index in [1.54, 1.807) is 13.0 Å². The number of carbonyl (C=O) groups excluding carboxylic acids is 1. The van der Waals surface area contributed by atoms with Crippen LogP contribution in [0.3, 0.4) is 0 Å². The van der Waals surface area contributed by atoms with Crippen LogP contribution in [0, 0.1) is 18.3 Å². The van der Waals surface area contributed by atoms with E-state index in [-0.39, 0.29) is 5.76 Å². The molecule has 1 aromatic heterocycles. The van der Waals surface area contributed by atoms with Crippen LogP contribution in [0.15, 0.2) is 28.7 Å². The molecule has 0 atom stereocenters. The summed E-state index contributed by atoms with van der Waals surface area (Å²) in [6.45, 7) is 4.05. The zero-order valence-electron chi connectivity index (χ0n) is 10.8. The molecule has 19 heavy (non-hydrogen) atoms. The molecule has 4 heteroatoms. The molecule has 0 amide bonds. The monoisotopic (exact) mass is 255 g/mol. The highest BCUT2D eigenvalue weighted by molar-refractivity contribution is 5.90. The van der Waals surface area contributed by atoms with Crippen LogP contribution in [-0.2, 0) is 0 Å². The summed E-state index contributed by atoms with van der Waals surface area (Å²) in [5, 5.41) is 9.22. The molecule has 0 saturated carbocycles. The van der Waals surface area contributed by atoms with Gasteiger partial charge in [0.15, 0.2) is 12.0 Å². The molecule has 0 unspecified atom stereocenters. The van der Waals surface area contributed by atoms with E-state index < -0.39 is 0 Å². The van der Waals surface area contributed by atoms with Crippen LogP contribution in [0.25, 0.3) is 11.1 Å². The van der Waals surface area contributed by atoms with Crippen LogP contribution in [0.2, 0.25) is 0 Å². The van der Waals surface area contributed by atoms with Gasteiger partial charge in [-0.3, -0.25) is 4.79 Å². The van der Waals surface area contributed by atoms with Crippen molar-refractivity contribution in [2.24, 2.45) is 0 Å². The van der Waals surface area contributed by atoms with Gasteiger partial charge in [0.1, 0.15) is 23.1 Å². The first-order chi connectivity index (χ1) is 9.22. The van der Waals surface area contributed by atoms with Crippen molar-refractivity contribution in [3.63, 3.8) is 0 Å². The van der Waals surface area contributed by atoms with E-state index in [0.29, 0.717) is 41.1 Å². The van der Waals surface area contributed by atoms with Crippen molar-refractivity contribution in [2.45, 2.75) is 13.8 Å². The highest BCUT2D eigenvalue weighted by Crippen LogP contribution is 2.37. The van der Waals surface area contributed by atoms with Gasteiger partial charge in [-0.1, -0.05) is 18.2 Å². The molecule has 0 spiro atoms. The Hall–Kier alpha value is -2.54. The normalized spacial score (nSPS) is 9.95. The first-order valence-corrected chi connectivity index (χ1v) is 5.93. The molecule has 0 saturated heterocycles. The van der Waals surface area contributed by atoms with Gasteiger partial charge in [-0.15, -0.1) is 0 Å². The highest BCUT2D eigenvalue weighted by atomic mass is 16.5. The third-order valence-corrected chi connectivity index (χ3v) is 2.79. The van der Waals surface area contributed by atoms with E-state index in [1.165, 1.54) is 0 Å². The van der Waals surface area contributed by atoms with Crippen LogP contribution >= 0.6 is 0 Å². The summed E-state index contributed by atoms with van der Waals surface area (Å²) < 4.78 is 10.9. The molecule has 2 rings (SSSR count). The predicted molar refractivity (Wildman–Crippen MR) is 70.2 cm³/mol. The summed E-state index contributed by atoms with van der Waals surface area (Å²) in [4.78, 5) is 11.1. The van der Waals surface area contributed by atoms with E-state index in [0.717, 1.165) is 0 Å². The molecule has 0 aliphatic carbocycles. The standard InChI is InChI=1S/C15H13NO3/c1-3-18-13-7-5-4-6-11(13)15-12(8-16)10(2)19-14(15)9-17/h4-7,9H,3H2,1-2H3. The van der Waals surface area contributed by atoms with E-state index in [9.17, 15) is 10.1 Å². The van der Waals surface area contributed by atoms with E-state index in [1.807, 2.05) is 25.1 Å². The van der Waals surface area contributed by atoms with Gasteiger partial charge in [-0.2, -0.15) is 5.26 Å². The number of rotatable bonds is 4. The minimum Gasteiger partial charge on any atom is -0.493 e. The molecule has 0 fully saturated rings. The summed E-state index contributed by atoms with van der Waals surface area (Å²) in [5.41, 5.74) is 1.56. The van der Waals surface area contributed by atoms with Crippen molar-refractivity contribution >= 4 is 6.29 Å². The van der Waals surface area contributed by atoms with Crippen LogP contribution < -0.4 is 4.74 Å². The molecular formula is C15H13NO3. The van der Waals surface area contributed by atoms with Crippen LogP contribution in [0.1, 0.15) is 28.8 Å². The van der Waals surface area contributed by atoms with E-state index in [2.05, 4.69) is 6.07 Å². The fourth-order valence-electron chi connectivity index (χ4n) is 2.01. The lowest BCUT2D eigenvalue weighted by Gasteiger charge is -2.09. The molecule has 0 aliphatic heterocycles. The molecule has 1 heterocycles. The average Bonchev–Trinajstić information content (AvgIpc) is 2.75. The molecule has 1 aromatic carbocycles. The van der Waals surface area contributed by atoms with Gasteiger partial charge < -0.3 is 9.15 Å². The fourth-order valence-corrected chi connectivity index (χ4v) is 2.01. The molecule has 0 N–H and O–H groups in total. The van der Waals surface area contributed by atoms with Gasteiger partial charge in [0.05, 0.1) is 12.2 Å². The summed E-state index contributed by atoms with van der Waals surface area (Å²) in [6.07, 6.45) is 0.617. The third-order valence-electron chi connectivity index (χ3n) is 2.79. The lowest BCUT2D eigenvalue weighted by Crippen LogP contribution is -1.95. The lowest BCUT2D eigenvalue weighted by atomic mass is 10.00. The lowest BCUT2D eigenvalue weighted by molar-refractivity contribution is 0.110. The van der Waals surface area contributed by atoms with Crippen LogP contribution in [-0.4, -0.2) is 12.9 Å². The van der Waals surface area contributed by atoms with Crippen molar-refractivity contribution in [2.75, 3.05) is 6.61 Å². The number of hydrogen-bond acceptors (Lipinski definition) is 4. The maximum Gasteiger partial charge on any atom is 0.186 e. The highest BCUT2D eigenvalue weighted by Gasteiger charge is 2.21. The smallest absolute Gasteiger partial charge is 0.186 e. The fraction of sp³-hybridized carbons (Fsp3) is 0.200. The largest absolute Gasteiger partial charge is 0.493 e. The maximum absolute atomic E-state index is 11.1. The van der Waals surface area contributed by atoms with Crippen molar-refractivity contribution in [1.82, 2.24) is 0 Å². The van der Waals surface area contributed by atoms with Crippen LogP contribution in [0.4, 0.5) is 0 Å². The average molecular weight is 255 g/mol. The molecule has 96 valence electrons. The zero-order valence-corrected chi connectivity index (χ0v) is 10.8. The van der Waals surface area contributed by atoms with Crippen molar-refractivity contribution < 1.29 is 13.9 Å². The number of aldehydes is 1. The summed E-state index contributed by atoms with van der Waals surface area (Å²) in [5.74, 6) is 1.22. The first-order valence-electron chi connectivity index (χ1n) is 5.93. The third kappa shape index (κ3) is 2.23. The molecule has 2 aromatic rings. The maximum atomic E-state index is 11.1. The van der Waals surface area contributed by atoms with Gasteiger partial charge in [0, 0.05) is 5.56 Å². The summed E-state index contributed by atoms with van der Waals surface area (Å²) in [7, 11) is 0. The number of para-hydroxylation sites is 1. The predicted octanol–water partition coefficient (Wildman–Crippen LogP) is 3.34. The Bertz CT molecular complexity index is 650. The van der Waals surface area contributed by atoms with Crippen molar-refractivity contribution in [3.05, 3.63) is 41.3 Å². The van der Waals surface area contributed by atoms with Gasteiger partial charge >= 0.3 is 0 Å². The second-order valence-electron chi connectivity index (χ2n) is 3.93. The topological polar surface area (TPSA) is 63.2 Å². The van der Waals surface area contributed by atoms with E-state index in [4.69, 9.17) is 9.15 Å². The number of furan rings is 1. The summed E-state index contributed by atoms with van der Waals surface area (Å²) in [6, 6.07) is 9.36. The number of nitriles is 1. The minimum atomic E-state index is 0.154. The Labute approximate surface area is 111 Å². The Kier molecular flexibility index (Phi) is 3.67. The van der Waals surface area contributed by atoms with Gasteiger partial charge in [0.2, 0.25) is 0 Å². The number of hydrogen-bond donors (Lipinski definition) is 0. The van der Waals surface area contributed by atoms with Crippen LogP contribution in [0.5, 0.6) is 5.75 Å². The van der Waals surface area contributed by atoms with Gasteiger partial charge in [0.25, 0.3) is 0 Å². The summed E-state index contributed by atoms with van der Waals surface area (Å²) >= 11 is 0. The number of nitrogens with zero attached hydrogens (tertiary/aromatic N) is 1. The number of carbonyl (C=O) groups is 1. The SMILES string of the molecule is CCOc1ccccc1-c1c(C=O)oc(C)c1C#N. The number of benzene rings is 1. The molecular weight excluding hydrogens is 242 g/mol. The first kappa shape index (κ1) is 12.9. The minimum absolute atomic E-state index is 0.154. The number of aryl methyl sites for hydroxylation is 1.